The smallest absolute Gasteiger partial charge is 0.293 e. The molecule has 1 unspecified atom stereocenters. The fourth-order valence-electron chi connectivity index (χ4n) is 2.14. The monoisotopic (exact) mass is 291 g/mol. The Bertz CT molecular complexity index is 618. The molecule has 0 bridgehead atoms. The molecular formula is C15H21N3OS. The Balaban J connectivity index is 2.06. The van der Waals surface area contributed by atoms with E-state index in [1.807, 2.05) is 0 Å². The van der Waals surface area contributed by atoms with Gasteiger partial charge in [0.1, 0.15) is 0 Å². The molecule has 20 heavy (non-hydrogen) atoms. The second-order valence-corrected chi connectivity index (χ2v) is 6.41. The molecule has 0 aliphatic rings. The van der Waals surface area contributed by atoms with Gasteiger partial charge in [0.2, 0.25) is 0 Å². The van der Waals surface area contributed by atoms with Crippen molar-refractivity contribution in [1.29, 1.82) is 0 Å². The fourth-order valence-corrected chi connectivity index (χ4v) is 3.16. The number of hydrogen-bond acceptors (Lipinski definition) is 4. The van der Waals surface area contributed by atoms with Gasteiger partial charge in [0.15, 0.2) is 5.82 Å². The number of hydrogen-bond donors (Lipinski definition) is 1. The molecule has 0 radical (unpaired) electrons. The minimum Gasteiger partial charge on any atom is -0.363 e. The highest BCUT2D eigenvalue weighted by molar-refractivity contribution is 7.11. The van der Waals surface area contributed by atoms with Gasteiger partial charge in [0.05, 0.1) is 0 Å². The second kappa shape index (κ2) is 6.70. The number of nitrogens with one attached hydrogen (secondary N) is 1. The molecule has 2 rings (SSSR count). The van der Waals surface area contributed by atoms with Crippen LogP contribution in [0.5, 0.6) is 0 Å². The van der Waals surface area contributed by atoms with Crippen molar-refractivity contribution in [1.82, 2.24) is 9.55 Å². The van der Waals surface area contributed by atoms with E-state index in [0.717, 1.165) is 19.4 Å². The Kier molecular flexibility index (Phi) is 4.95. The van der Waals surface area contributed by atoms with Crippen LogP contribution in [0.4, 0.5) is 5.82 Å². The van der Waals surface area contributed by atoms with Crippen molar-refractivity contribution in [2.45, 2.75) is 46.2 Å². The molecule has 0 amide bonds. The van der Waals surface area contributed by atoms with Gasteiger partial charge in [-0.3, -0.25) is 4.79 Å². The van der Waals surface area contributed by atoms with Crippen molar-refractivity contribution in [3.8, 4) is 0 Å². The number of thiophene rings is 1. The standard InChI is InChI=1S/C15H21N3OS/c1-4-8-18-9-7-16-14(15(18)19)17-11(2)10-13-6-5-12(3)20-13/h5-7,9,11H,4,8,10H2,1-3H3,(H,16,17). The number of aryl methyl sites for hydroxylation is 2. The van der Waals surface area contributed by atoms with E-state index < -0.39 is 0 Å². The molecule has 2 aromatic rings. The van der Waals surface area contributed by atoms with Gasteiger partial charge in [0, 0.05) is 41.2 Å². The topological polar surface area (TPSA) is 46.9 Å². The fraction of sp³-hybridized carbons (Fsp3) is 0.467. The second-order valence-electron chi connectivity index (χ2n) is 5.04. The molecule has 1 atom stereocenters. The Morgan fingerprint density at radius 3 is 2.90 bits per heavy atom. The highest BCUT2D eigenvalue weighted by atomic mass is 32.1. The Morgan fingerprint density at radius 1 is 1.45 bits per heavy atom. The summed E-state index contributed by atoms with van der Waals surface area (Å²) in [5, 5.41) is 3.23. The van der Waals surface area contributed by atoms with Crippen LogP contribution in [-0.2, 0) is 13.0 Å². The van der Waals surface area contributed by atoms with E-state index >= 15 is 0 Å². The summed E-state index contributed by atoms with van der Waals surface area (Å²) in [7, 11) is 0. The van der Waals surface area contributed by atoms with E-state index in [0.29, 0.717) is 5.82 Å². The molecule has 0 fully saturated rings. The first-order valence-electron chi connectivity index (χ1n) is 6.97. The molecule has 5 heteroatoms. The van der Waals surface area contributed by atoms with E-state index in [1.165, 1.54) is 9.75 Å². The van der Waals surface area contributed by atoms with Crippen LogP contribution in [0, 0.1) is 6.92 Å². The van der Waals surface area contributed by atoms with Crippen LogP contribution in [0.25, 0.3) is 0 Å². The summed E-state index contributed by atoms with van der Waals surface area (Å²) in [4.78, 5) is 19.0. The Hall–Kier alpha value is -1.62. The molecule has 108 valence electrons. The summed E-state index contributed by atoms with van der Waals surface area (Å²) < 4.78 is 1.71. The third kappa shape index (κ3) is 3.70. The van der Waals surface area contributed by atoms with Crippen molar-refractivity contribution in [3.05, 3.63) is 44.6 Å². The summed E-state index contributed by atoms with van der Waals surface area (Å²) >= 11 is 1.80. The predicted octanol–water partition coefficient (Wildman–Crippen LogP) is 3.07. The summed E-state index contributed by atoms with van der Waals surface area (Å²) in [5.74, 6) is 0.446. The van der Waals surface area contributed by atoms with E-state index in [9.17, 15) is 4.79 Å². The number of aromatic nitrogens is 2. The molecule has 4 nitrogen and oxygen atoms in total. The van der Waals surface area contributed by atoms with Crippen LogP contribution in [0.1, 0.15) is 30.0 Å². The molecule has 1 N–H and O–H groups in total. The van der Waals surface area contributed by atoms with Crippen molar-refractivity contribution in [2.24, 2.45) is 0 Å². The van der Waals surface area contributed by atoms with E-state index in [2.05, 4.69) is 43.2 Å². The van der Waals surface area contributed by atoms with Crippen LogP contribution in [0.2, 0.25) is 0 Å². The summed E-state index contributed by atoms with van der Waals surface area (Å²) in [6.45, 7) is 6.97. The molecule has 0 aliphatic heterocycles. The zero-order valence-electron chi connectivity index (χ0n) is 12.2. The minimum atomic E-state index is -0.0384. The van der Waals surface area contributed by atoms with E-state index in [1.54, 1.807) is 28.3 Å². The van der Waals surface area contributed by atoms with Crippen molar-refractivity contribution >= 4 is 17.2 Å². The highest BCUT2D eigenvalue weighted by Crippen LogP contribution is 2.17. The minimum absolute atomic E-state index is 0.0384. The lowest BCUT2D eigenvalue weighted by molar-refractivity contribution is 0.646. The molecule has 0 aromatic carbocycles. The lowest BCUT2D eigenvalue weighted by Crippen LogP contribution is -2.28. The Morgan fingerprint density at radius 2 is 2.25 bits per heavy atom. The maximum atomic E-state index is 12.2. The van der Waals surface area contributed by atoms with Crippen molar-refractivity contribution < 1.29 is 0 Å². The van der Waals surface area contributed by atoms with Gasteiger partial charge < -0.3 is 9.88 Å². The maximum absolute atomic E-state index is 12.2. The summed E-state index contributed by atoms with van der Waals surface area (Å²) in [6, 6.07) is 4.46. The first kappa shape index (κ1) is 14.8. The SMILES string of the molecule is CCCn1ccnc(NC(C)Cc2ccc(C)s2)c1=O. The number of nitrogens with zero attached hydrogens (tertiary/aromatic N) is 2. The molecule has 0 saturated carbocycles. The first-order valence-corrected chi connectivity index (χ1v) is 7.79. The van der Waals surface area contributed by atoms with Gasteiger partial charge in [-0.15, -0.1) is 11.3 Å². The predicted molar refractivity (Wildman–Crippen MR) is 84.6 cm³/mol. The maximum Gasteiger partial charge on any atom is 0.293 e. The average molecular weight is 291 g/mol. The van der Waals surface area contributed by atoms with Crippen LogP contribution in [0.15, 0.2) is 29.3 Å². The quantitative estimate of drug-likeness (QED) is 0.889. The van der Waals surface area contributed by atoms with Crippen LogP contribution in [-0.4, -0.2) is 15.6 Å². The van der Waals surface area contributed by atoms with Gasteiger partial charge in [-0.05, 0) is 32.4 Å². The van der Waals surface area contributed by atoms with Gasteiger partial charge in [-0.1, -0.05) is 6.92 Å². The molecule has 2 aromatic heterocycles. The van der Waals surface area contributed by atoms with Gasteiger partial charge in [-0.25, -0.2) is 4.98 Å². The lowest BCUT2D eigenvalue weighted by atomic mass is 10.2. The van der Waals surface area contributed by atoms with Crippen molar-refractivity contribution in [3.63, 3.8) is 0 Å². The van der Waals surface area contributed by atoms with Gasteiger partial charge >= 0.3 is 0 Å². The van der Waals surface area contributed by atoms with Gasteiger partial charge in [0.25, 0.3) is 5.56 Å². The largest absolute Gasteiger partial charge is 0.363 e. The molecule has 0 spiro atoms. The zero-order valence-corrected chi connectivity index (χ0v) is 13.0. The van der Waals surface area contributed by atoms with Crippen LogP contribution in [0.3, 0.4) is 0 Å². The molecule has 0 saturated heterocycles. The normalized spacial score (nSPS) is 12.3. The highest BCUT2D eigenvalue weighted by Gasteiger charge is 2.10. The first-order chi connectivity index (χ1) is 9.60. The number of anilines is 1. The van der Waals surface area contributed by atoms with Gasteiger partial charge in [-0.2, -0.15) is 0 Å². The van der Waals surface area contributed by atoms with Crippen LogP contribution >= 0.6 is 11.3 Å². The lowest BCUT2D eigenvalue weighted by Gasteiger charge is -2.14. The molecular weight excluding hydrogens is 270 g/mol. The third-order valence-corrected chi connectivity index (χ3v) is 4.09. The zero-order chi connectivity index (χ0) is 14.5. The van der Waals surface area contributed by atoms with Crippen molar-refractivity contribution in [2.75, 3.05) is 5.32 Å². The van der Waals surface area contributed by atoms with Crippen LogP contribution < -0.4 is 10.9 Å². The average Bonchev–Trinajstić information content (AvgIpc) is 2.80. The Labute approximate surface area is 123 Å². The third-order valence-electron chi connectivity index (χ3n) is 3.06. The van der Waals surface area contributed by atoms with E-state index in [-0.39, 0.29) is 11.6 Å². The van der Waals surface area contributed by atoms with E-state index in [4.69, 9.17) is 0 Å². The number of rotatable bonds is 6. The molecule has 0 aliphatic carbocycles. The summed E-state index contributed by atoms with van der Waals surface area (Å²) in [5.41, 5.74) is -0.0384. The molecule has 2 heterocycles. The summed E-state index contributed by atoms with van der Waals surface area (Å²) in [6.07, 6.45) is 5.27.